The zero-order valence-corrected chi connectivity index (χ0v) is 13.7. The molecule has 0 atom stereocenters. The fourth-order valence-electron chi connectivity index (χ4n) is 1.72. The highest BCUT2D eigenvalue weighted by Crippen LogP contribution is 2.20. The predicted octanol–water partition coefficient (Wildman–Crippen LogP) is 2.99. The molecule has 0 radical (unpaired) electrons. The van der Waals surface area contributed by atoms with Crippen molar-refractivity contribution in [1.82, 2.24) is 15.6 Å². The van der Waals surface area contributed by atoms with Crippen molar-refractivity contribution < 1.29 is 0 Å². The normalized spacial score (nSPS) is 11.4. The van der Waals surface area contributed by atoms with E-state index in [0.717, 1.165) is 35.6 Å². The second kappa shape index (κ2) is 9.41. The van der Waals surface area contributed by atoms with Crippen molar-refractivity contribution >= 4 is 29.1 Å². The molecule has 0 aliphatic carbocycles. The number of nitrogens with zero attached hydrogens (tertiary/aromatic N) is 2. The molecule has 0 amide bonds. The second-order valence-electron chi connectivity index (χ2n) is 4.34. The Labute approximate surface area is 134 Å². The van der Waals surface area contributed by atoms with Crippen LogP contribution in [0.1, 0.15) is 12.0 Å². The van der Waals surface area contributed by atoms with E-state index in [4.69, 9.17) is 0 Å². The maximum Gasteiger partial charge on any atom is 0.191 e. The minimum absolute atomic E-state index is 0.786. The molecule has 2 rings (SSSR count). The molecule has 0 bridgehead atoms. The lowest BCUT2D eigenvalue weighted by Gasteiger charge is -2.11. The summed E-state index contributed by atoms with van der Waals surface area (Å²) in [6, 6.07) is 10.3. The molecule has 1 heterocycles. The van der Waals surface area contributed by atoms with Crippen molar-refractivity contribution in [2.45, 2.75) is 17.3 Å². The van der Waals surface area contributed by atoms with Gasteiger partial charge < -0.3 is 10.6 Å². The number of rotatable bonds is 7. The van der Waals surface area contributed by atoms with Crippen LogP contribution >= 0.6 is 23.1 Å². The standard InChI is InChI=1S/C15H20N4S2/c1-16-14(19-12-13-6-3-2-4-7-13)17-8-5-10-20-15-18-9-11-21-15/h2-4,6-7,9,11H,5,8,10,12H2,1H3,(H2,16,17,19). The lowest BCUT2D eigenvalue weighted by Crippen LogP contribution is -2.37. The van der Waals surface area contributed by atoms with E-state index in [1.54, 1.807) is 30.1 Å². The molecule has 6 heteroatoms. The lowest BCUT2D eigenvalue weighted by atomic mass is 10.2. The molecule has 1 aromatic heterocycles. The lowest BCUT2D eigenvalue weighted by molar-refractivity contribution is 0.785. The first-order valence-corrected chi connectivity index (χ1v) is 8.76. The summed E-state index contributed by atoms with van der Waals surface area (Å²) >= 11 is 3.50. The molecule has 0 saturated carbocycles. The average molecular weight is 320 g/mol. The van der Waals surface area contributed by atoms with Gasteiger partial charge >= 0.3 is 0 Å². The SMILES string of the molecule is CN=C(NCCCSc1nccs1)NCc1ccccc1. The molecular formula is C15H20N4S2. The summed E-state index contributed by atoms with van der Waals surface area (Å²) in [5.74, 6) is 1.91. The fourth-order valence-corrected chi connectivity index (χ4v) is 3.37. The van der Waals surface area contributed by atoms with Gasteiger partial charge in [-0.25, -0.2) is 4.98 Å². The number of hydrogen-bond donors (Lipinski definition) is 2. The Morgan fingerprint density at radius 1 is 1.29 bits per heavy atom. The van der Waals surface area contributed by atoms with Gasteiger partial charge in [0.05, 0.1) is 0 Å². The Balaban J connectivity index is 1.59. The first kappa shape index (κ1) is 15.9. The number of benzene rings is 1. The number of aliphatic imine (C=N–C) groups is 1. The van der Waals surface area contributed by atoms with Crippen molar-refractivity contribution in [2.24, 2.45) is 4.99 Å². The van der Waals surface area contributed by atoms with Gasteiger partial charge in [0.1, 0.15) is 4.34 Å². The first-order valence-electron chi connectivity index (χ1n) is 6.89. The molecule has 0 aliphatic heterocycles. The van der Waals surface area contributed by atoms with Gasteiger partial charge in [0.25, 0.3) is 0 Å². The third-order valence-electron chi connectivity index (χ3n) is 2.78. The zero-order valence-electron chi connectivity index (χ0n) is 12.1. The van der Waals surface area contributed by atoms with Gasteiger partial charge in [-0.1, -0.05) is 42.1 Å². The van der Waals surface area contributed by atoms with Crippen molar-refractivity contribution in [3.63, 3.8) is 0 Å². The molecule has 21 heavy (non-hydrogen) atoms. The first-order chi connectivity index (χ1) is 10.4. The summed E-state index contributed by atoms with van der Waals surface area (Å²) in [4.78, 5) is 8.48. The Bertz CT molecular complexity index is 526. The minimum atomic E-state index is 0.786. The van der Waals surface area contributed by atoms with Gasteiger partial charge in [-0.3, -0.25) is 4.99 Å². The van der Waals surface area contributed by atoms with E-state index in [9.17, 15) is 0 Å². The van der Waals surface area contributed by atoms with E-state index in [1.165, 1.54) is 5.56 Å². The van der Waals surface area contributed by atoms with Gasteiger partial charge in [-0.15, -0.1) is 11.3 Å². The van der Waals surface area contributed by atoms with E-state index in [0.29, 0.717) is 0 Å². The smallest absolute Gasteiger partial charge is 0.191 e. The Hall–Kier alpha value is -1.53. The molecule has 112 valence electrons. The number of aromatic nitrogens is 1. The van der Waals surface area contributed by atoms with Crippen molar-refractivity contribution in [2.75, 3.05) is 19.3 Å². The Morgan fingerprint density at radius 2 is 2.14 bits per heavy atom. The van der Waals surface area contributed by atoms with Crippen LogP contribution in [0.25, 0.3) is 0 Å². The summed E-state index contributed by atoms with van der Waals surface area (Å²) in [5, 5.41) is 8.65. The number of thioether (sulfide) groups is 1. The predicted molar refractivity (Wildman–Crippen MR) is 92.1 cm³/mol. The van der Waals surface area contributed by atoms with Crippen LogP contribution < -0.4 is 10.6 Å². The maximum absolute atomic E-state index is 4.25. The van der Waals surface area contributed by atoms with Gasteiger partial charge in [0.15, 0.2) is 5.96 Å². The maximum atomic E-state index is 4.25. The fraction of sp³-hybridized carbons (Fsp3) is 0.333. The quantitative estimate of drug-likeness (QED) is 0.356. The van der Waals surface area contributed by atoms with Gasteiger partial charge in [0, 0.05) is 37.5 Å². The number of guanidine groups is 1. The van der Waals surface area contributed by atoms with Crippen LogP contribution in [0, 0.1) is 0 Å². The van der Waals surface area contributed by atoms with Crippen LogP contribution in [0.2, 0.25) is 0 Å². The summed E-state index contributed by atoms with van der Waals surface area (Å²) < 4.78 is 1.14. The Kier molecular flexibility index (Phi) is 7.11. The third kappa shape index (κ3) is 6.18. The monoisotopic (exact) mass is 320 g/mol. The van der Waals surface area contributed by atoms with Crippen LogP contribution in [-0.4, -0.2) is 30.3 Å². The van der Waals surface area contributed by atoms with E-state index in [-0.39, 0.29) is 0 Å². The topological polar surface area (TPSA) is 49.3 Å². The summed E-state index contributed by atoms with van der Waals surface area (Å²) in [6.45, 7) is 1.70. The van der Waals surface area contributed by atoms with Crippen LogP contribution in [0.3, 0.4) is 0 Å². The molecule has 0 fully saturated rings. The van der Waals surface area contributed by atoms with E-state index in [1.807, 2.05) is 29.8 Å². The highest BCUT2D eigenvalue weighted by Gasteiger charge is 1.99. The highest BCUT2D eigenvalue weighted by atomic mass is 32.2. The van der Waals surface area contributed by atoms with Gasteiger partial charge in [-0.05, 0) is 12.0 Å². The number of nitrogens with one attached hydrogen (secondary N) is 2. The molecule has 1 aromatic carbocycles. The summed E-state index contributed by atoms with van der Waals surface area (Å²) in [6.07, 6.45) is 2.93. The minimum Gasteiger partial charge on any atom is -0.356 e. The molecule has 0 unspecified atom stereocenters. The highest BCUT2D eigenvalue weighted by molar-refractivity contribution is 8.00. The van der Waals surface area contributed by atoms with E-state index >= 15 is 0 Å². The van der Waals surface area contributed by atoms with Crippen LogP contribution in [-0.2, 0) is 6.54 Å². The average Bonchev–Trinajstić information content (AvgIpc) is 3.04. The van der Waals surface area contributed by atoms with Gasteiger partial charge in [0.2, 0.25) is 0 Å². The zero-order chi connectivity index (χ0) is 14.8. The molecule has 2 aromatic rings. The van der Waals surface area contributed by atoms with E-state index < -0.39 is 0 Å². The van der Waals surface area contributed by atoms with Crippen LogP contribution in [0.15, 0.2) is 51.2 Å². The molecule has 0 saturated heterocycles. The van der Waals surface area contributed by atoms with Crippen LogP contribution in [0.5, 0.6) is 0 Å². The van der Waals surface area contributed by atoms with E-state index in [2.05, 4.69) is 32.7 Å². The van der Waals surface area contributed by atoms with Crippen molar-refractivity contribution in [3.05, 3.63) is 47.5 Å². The molecular weight excluding hydrogens is 300 g/mol. The largest absolute Gasteiger partial charge is 0.356 e. The molecule has 0 spiro atoms. The van der Waals surface area contributed by atoms with Crippen molar-refractivity contribution in [3.8, 4) is 0 Å². The second-order valence-corrected chi connectivity index (χ2v) is 6.57. The summed E-state index contributed by atoms with van der Waals surface area (Å²) in [5.41, 5.74) is 1.25. The number of thiazole rings is 1. The third-order valence-corrected chi connectivity index (χ3v) is 4.83. The number of hydrogen-bond acceptors (Lipinski definition) is 4. The molecule has 2 N–H and O–H groups in total. The molecule has 0 aliphatic rings. The molecule has 4 nitrogen and oxygen atoms in total. The van der Waals surface area contributed by atoms with Crippen molar-refractivity contribution in [1.29, 1.82) is 0 Å². The van der Waals surface area contributed by atoms with Gasteiger partial charge in [-0.2, -0.15) is 0 Å². The summed E-state index contributed by atoms with van der Waals surface area (Å²) in [7, 11) is 1.80. The van der Waals surface area contributed by atoms with Crippen LogP contribution in [0.4, 0.5) is 0 Å². The Morgan fingerprint density at radius 3 is 2.86 bits per heavy atom.